The maximum atomic E-state index is 4.38. The quantitative estimate of drug-likeness (QED) is 0.836. The highest BCUT2D eigenvalue weighted by atomic mass is 79.9. The van der Waals surface area contributed by atoms with E-state index in [2.05, 4.69) is 44.9 Å². The summed E-state index contributed by atoms with van der Waals surface area (Å²) in [6, 6.07) is 0.608. The van der Waals surface area contributed by atoms with Gasteiger partial charge >= 0.3 is 0 Å². The third kappa shape index (κ3) is 3.59. The zero-order valence-electron chi connectivity index (χ0n) is 10.5. The molecular formula is C12H22BrN3. The Morgan fingerprint density at radius 2 is 2.25 bits per heavy atom. The van der Waals surface area contributed by atoms with Crippen LogP contribution in [-0.2, 0) is 13.0 Å². The maximum absolute atomic E-state index is 4.38. The van der Waals surface area contributed by atoms with Gasteiger partial charge in [-0.25, -0.2) is 0 Å². The average Bonchev–Trinajstić information content (AvgIpc) is 2.63. The minimum absolute atomic E-state index is 0.608. The summed E-state index contributed by atoms with van der Waals surface area (Å²) < 4.78 is 3.26. The van der Waals surface area contributed by atoms with Crippen molar-refractivity contribution in [3.63, 3.8) is 0 Å². The minimum atomic E-state index is 0.608. The molecule has 0 saturated heterocycles. The van der Waals surface area contributed by atoms with E-state index in [4.69, 9.17) is 0 Å². The van der Waals surface area contributed by atoms with Crippen LogP contribution >= 0.6 is 15.9 Å². The van der Waals surface area contributed by atoms with Crippen LogP contribution in [0.25, 0.3) is 0 Å². The molecule has 0 aliphatic rings. The highest BCUT2D eigenvalue weighted by Gasteiger charge is 2.10. The van der Waals surface area contributed by atoms with Crippen molar-refractivity contribution >= 4 is 15.9 Å². The Hall–Kier alpha value is -0.350. The highest BCUT2D eigenvalue weighted by Crippen LogP contribution is 2.19. The third-order valence-electron chi connectivity index (χ3n) is 2.96. The van der Waals surface area contributed by atoms with Crippen molar-refractivity contribution in [2.24, 2.45) is 0 Å². The number of rotatable bonds is 7. The first kappa shape index (κ1) is 13.7. The Balaban J connectivity index is 2.60. The van der Waals surface area contributed by atoms with E-state index in [0.29, 0.717) is 6.04 Å². The van der Waals surface area contributed by atoms with Crippen LogP contribution < -0.4 is 5.32 Å². The molecule has 1 aromatic rings. The van der Waals surface area contributed by atoms with Crippen LogP contribution in [-0.4, -0.2) is 22.9 Å². The second kappa shape index (κ2) is 7.07. The van der Waals surface area contributed by atoms with Gasteiger partial charge in [-0.3, -0.25) is 4.68 Å². The van der Waals surface area contributed by atoms with E-state index in [-0.39, 0.29) is 0 Å². The first-order valence-corrected chi connectivity index (χ1v) is 6.89. The molecule has 0 aromatic carbocycles. The molecule has 0 aliphatic heterocycles. The van der Waals surface area contributed by atoms with E-state index >= 15 is 0 Å². The van der Waals surface area contributed by atoms with E-state index in [1.54, 1.807) is 0 Å². The topological polar surface area (TPSA) is 29.9 Å². The predicted octanol–water partition coefficient (Wildman–Crippen LogP) is 2.99. The monoisotopic (exact) mass is 287 g/mol. The highest BCUT2D eigenvalue weighted by molar-refractivity contribution is 9.10. The normalized spacial score (nSPS) is 13.0. The lowest BCUT2D eigenvalue weighted by molar-refractivity contribution is 0.489. The summed E-state index contributed by atoms with van der Waals surface area (Å²) in [6.07, 6.45) is 6.46. The molecule has 0 radical (unpaired) electrons. The van der Waals surface area contributed by atoms with Gasteiger partial charge in [-0.15, -0.1) is 0 Å². The fraction of sp³-hybridized carbons (Fsp3) is 0.750. The van der Waals surface area contributed by atoms with Gasteiger partial charge in [0.05, 0.1) is 16.4 Å². The molecule has 0 bridgehead atoms. The Bertz CT molecular complexity index is 305. The van der Waals surface area contributed by atoms with E-state index in [0.717, 1.165) is 23.9 Å². The molecule has 1 N–H and O–H groups in total. The second-order valence-electron chi connectivity index (χ2n) is 4.09. The molecule has 1 heterocycles. The molecule has 0 amide bonds. The van der Waals surface area contributed by atoms with Gasteiger partial charge in [0.2, 0.25) is 0 Å². The van der Waals surface area contributed by atoms with E-state index in [1.807, 2.05) is 13.2 Å². The van der Waals surface area contributed by atoms with E-state index < -0.39 is 0 Å². The smallest absolute Gasteiger partial charge is 0.0635 e. The molecule has 16 heavy (non-hydrogen) atoms. The Labute approximate surface area is 107 Å². The summed E-state index contributed by atoms with van der Waals surface area (Å²) >= 11 is 3.58. The van der Waals surface area contributed by atoms with Crippen LogP contribution in [0.2, 0.25) is 0 Å². The number of hydrogen-bond donors (Lipinski definition) is 1. The zero-order chi connectivity index (χ0) is 12.0. The third-order valence-corrected chi connectivity index (χ3v) is 3.63. The lowest BCUT2D eigenvalue weighted by Gasteiger charge is -2.14. The lowest BCUT2D eigenvalue weighted by Crippen LogP contribution is -2.25. The average molecular weight is 288 g/mol. The van der Waals surface area contributed by atoms with Crippen molar-refractivity contribution in [2.75, 3.05) is 7.05 Å². The number of aromatic nitrogens is 2. The van der Waals surface area contributed by atoms with Gasteiger partial charge in [-0.2, -0.15) is 5.10 Å². The van der Waals surface area contributed by atoms with Crippen LogP contribution in [0.3, 0.4) is 0 Å². The summed E-state index contributed by atoms with van der Waals surface area (Å²) in [5.41, 5.74) is 1.33. The van der Waals surface area contributed by atoms with Gasteiger partial charge in [0.15, 0.2) is 0 Å². The van der Waals surface area contributed by atoms with Gasteiger partial charge in [0.25, 0.3) is 0 Å². The van der Waals surface area contributed by atoms with Crippen molar-refractivity contribution in [3.05, 3.63) is 16.4 Å². The molecule has 1 atom stereocenters. The summed E-state index contributed by atoms with van der Waals surface area (Å²) in [4.78, 5) is 0. The van der Waals surface area contributed by atoms with Crippen molar-refractivity contribution in [1.82, 2.24) is 15.1 Å². The Morgan fingerprint density at radius 1 is 1.50 bits per heavy atom. The molecule has 0 fully saturated rings. The Morgan fingerprint density at radius 3 is 2.81 bits per heavy atom. The van der Waals surface area contributed by atoms with Gasteiger partial charge in [0.1, 0.15) is 0 Å². The number of halogens is 1. The predicted molar refractivity (Wildman–Crippen MR) is 71.7 cm³/mol. The van der Waals surface area contributed by atoms with Crippen molar-refractivity contribution in [2.45, 2.75) is 52.1 Å². The fourth-order valence-electron chi connectivity index (χ4n) is 1.90. The number of hydrogen-bond acceptors (Lipinski definition) is 2. The van der Waals surface area contributed by atoms with Crippen molar-refractivity contribution < 1.29 is 0 Å². The molecule has 1 unspecified atom stereocenters. The number of nitrogens with zero attached hydrogens (tertiary/aromatic N) is 2. The van der Waals surface area contributed by atoms with Gasteiger partial charge < -0.3 is 5.32 Å². The van der Waals surface area contributed by atoms with Crippen LogP contribution in [0.15, 0.2) is 10.7 Å². The number of aryl methyl sites for hydroxylation is 1. The molecule has 3 nitrogen and oxygen atoms in total. The summed E-state index contributed by atoms with van der Waals surface area (Å²) in [5.74, 6) is 0. The van der Waals surface area contributed by atoms with Crippen LogP contribution in [0, 0.1) is 0 Å². The molecule has 0 spiro atoms. The van der Waals surface area contributed by atoms with Crippen molar-refractivity contribution in [1.29, 1.82) is 0 Å². The molecule has 0 saturated carbocycles. The first-order chi connectivity index (χ1) is 7.72. The minimum Gasteiger partial charge on any atom is -0.317 e. The van der Waals surface area contributed by atoms with E-state index in [9.17, 15) is 0 Å². The first-order valence-electron chi connectivity index (χ1n) is 6.10. The molecule has 4 heteroatoms. The van der Waals surface area contributed by atoms with Gasteiger partial charge in [-0.05, 0) is 48.7 Å². The molecule has 92 valence electrons. The van der Waals surface area contributed by atoms with Crippen LogP contribution in [0.4, 0.5) is 0 Å². The van der Waals surface area contributed by atoms with E-state index in [1.165, 1.54) is 18.5 Å². The summed E-state index contributed by atoms with van der Waals surface area (Å²) in [6.45, 7) is 5.42. The fourth-order valence-corrected chi connectivity index (χ4v) is 2.40. The molecule has 1 aromatic heterocycles. The molecular weight excluding hydrogens is 266 g/mol. The Kier molecular flexibility index (Phi) is 6.06. The number of nitrogens with one attached hydrogen (secondary N) is 1. The van der Waals surface area contributed by atoms with Gasteiger partial charge in [0, 0.05) is 12.6 Å². The standard InChI is InChI=1S/C12H22BrN3/c1-4-8-16-12(11(13)9-15-16)7-6-10(5-2)14-3/h9-10,14H,4-8H2,1-3H3. The lowest BCUT2D eigenvalue weighted by atomic mass is 10.1. The summed E-state index contributed by atoms with van der Waals surface area (Å²) in [5, 5.41) is 7.72. The molecule has 0 aliphatic carbocycles. The van der Waals surface area contributed by atoms with Crippen LogP contribution in [0.1, 0.15) is 38.8 Å². The zero-order valence-corrected chi connectivity index (χ0v) is 12.0. The maximum Gasteiger partial charge on any atom is 0.0635 e. The molecule has 1 rings (SSSR count). The van der Waals surface area contributed by atoms with Crippen molar-refractivity contribution in [3.8, 4) is 0 Å². The second-order valence-corrected chi connectivity index (χ2v) is 4.95. The van der Waals surface area contributed by atoms with Gasteiger partial charge in [-0.1, -0.05) is 13.8 Å². The largest absolute Gasteiger partial charge is 0.317 e. The summed E-state index contributed by atoms with van der Waals surface area (Å²) in [7, 11) is 2.03. The van der Waals surface area contributed by atoms with Crippen LogP contribution in [0.5, 0.6) is 0 Å². The SMILES string of the molecule is CCCn1ncc(Br)c1CCC(CC)NC.